The number of hydrogen-bond acceptors (Lipinski definition) is 6. The number of morpholine rings is 1. The van der Waals surface area contributed by atoms with Crippen molar-refractivity contribution in [3.8, 4) is 6.07 Å². The molecule has 1 aliphatic heterocycles. The van der Waals surface area contributed by atoms with E-state index >= 15 is 0 Å². The van der Waals surface area contributed by atoms with Crippen molar-refractivity contribution in [1.82, 2.24) is 4.90 Å². The molecule has 24 heavy (non-hydrogen) atoms. The van der Waals surface area contributed by atoms with E-state index in [1.807, 2.05) is 19.9 Å². The first kappa shape index (κ1) is 18.2. The van der Waals surface area contributed by atoms with Gasteiger partial charge in [-0.2, -0.15) is 5.26 Å². The smallest absolute Gasteiger partial charge is 0.292 e. The molecule has 1 heterocycles. The van der Waals surface area contributed by atoms with Gasteiger partial charge in [-0.1, -0.05) is 0 Å². The molecule has 2 unspecified atom stereocenters. The van der Waals surface area contributed by atoms with Gasteiger partial charge >= 0.3 is 0 Å². The molecule has 1 saturated heterocycles. The zero-order valence-electron chi connectivity index (χ0n) is 14.6. The number of nitro groups is 1. The zero-order chi connectivity index (χ0) is 17.9. The molecule has 2 rings (SSSR count). The highest BCUT2D eigenvalue weighted by Crippen LogP contribution is 2.27. The van der Waals surface area contributed by atoms with Gasteiger partial charge in [-0.05, 0) is 39.8 Å². The van der Waals surface area contributed by atoms with E-state index < -0.39 is 4.92 Å². The Labute approximate surface area is 142 Å². The van der Waals surface area contributed by atoms with Gasteiger partial charge in [-0.15, -0.1) is 0 Å². The van der Waals surface area contributed by atoms with E-state index in [1.165, 1.54) is 18.2 Å². The molecule has 0 aromatic heterocycles. The van der Waals surface area contributed by atoms with Gasteiger partial charge in [-0.25, -0.2) is 0 Å². The summed E-state index contributed by atoms with van der Waals surface area (Å²) in [5.74, 6) is 0. The average molecular weight is 332 g/mol. The molecule has 1 aromatic rings. The molecule has 0 bridgehead atoms. The standard InChI is InChI=1S/C17H24N4O3/c1-12-9-20(10-13(2)24-12)17(3,4)11-19-15-7-14(8-18)5-6-16(15)21(22)23/h5-7,12-13,19H,9-11H2,1-4H3. The second-order valence-electron chi connectivity index (χ2n) is 6.93. The SMILES string of the molecule is CC1CN(C(C)(C)CNc2cc(C#N)ccc2[N+](=O)[O-])CC(C)O1. The molecule has 7 heteroatoms. The number of ether oxygens (including phenoxy) is 1. The number of hydrogen-bond donors (Lipinski definition) is 1. The maximum absolute atomic E-state index is 11.2. The van der Waals surface area contributed by atoms with E-state index in [2.05, 4.69) is 24.1 Å². The van der Waals surface area contributed by atoms with Gasteiger partial charge in [0.1, 0.15) is 5.69 Å². The maximum atomic E-state index is 11.2. The Bertz CT molecular complexity index is 644. The largest absolute Gasteiger partial charge is 0.378 e. The monoisotopic (exact) mass is 332 g/mol. The van der Waals surface area contributed by atoms with E-state index in [0.717, 1.165) is 13.1 Å². The van der Waals surface area contributed by atoms with E-state index in [0.29, 0.717) is 17.8 Å². The van der Waals surface area contributed by atoms with Crippen LogP contribution in [0.4, 0.5) is 11.4 Å². The molecule has 0 spiro atoms. The molecule has 7 nitrogen and oxygen atoms in total. The molecule has 2 atom stereocenters. The number of nitriles is 1. The second kappa shape index (κ2) is 7.16. The summed E-state index contributed by atoms with van der Waals surface area (Å²) in [5.41, 5.74) is 0.549. The van der Waals surface area contributed by atoms with Crippen LogP contribution in [0.25, 0.3) is 0 Å². The minimum atomic E-state index is -0.435. The summed E-state index contributed by atoms with van der Waals surface area (Å²) < 4.78 is 5.77. The summed E-state index contributed by atoms with van der Waals surface area (Å²) in [5, 5.41) is 23.4. The van der Waals surface area contributed by atoms with Crippen LogP contribution in [0.2, 0.25) is 0 Å². The Morgan fingerprint density at radius 1 is 1.42 bits per heavy atom. The van der Waals surface area contributed by atoms with Crippen LogP contribution in [0, 0.1) is 21.4 Å². The van der Waals surface area contributed by atoms with Crippen molar-refractivity contribution in [3.63, 3.8) is 0 Å². The summed E-state index contributed by atoms with van der Waals surface area (Å²) >= 11 is 0. The van der Waals surface area contributed by atoms with Crippen molar-refractivity contribution in [2.75, 3.05) is 25.0 Å². The first-order valence-corrected chi connectivity index (χ1v) is 8.06. The van der Waals surface area contributed by atoms with Crippen molar-refractivity contribution in [3.05, 3.63) is 33.9 Å². The topological polar surface area (TPSA) is 91.4 Å². The van der Waals surface area contributed by atoms with Crippen molar-refractivity contribution in [1.29, 1.82) is 5.26 Å². The Morgan fingerprint density at radius 2 is 2.04 bits per heavy atom. The lowest BCUT2D eigenvalue weighted by Crippen LogP contribution is -2.57. The van der Waals surface area contributed by atoms with Crippen molar-refractivity contribution in [2.24, 2.45) is 0 Å². The van der Waals surface area contributed by atoms with Gasteiger partial charge in [-0.3, -0.25) is 15.0 Å². The number of anilines is 1. The summed E-state index contributed by atoms with van der Waals surface area (Å²) in [6.07, 6.45) is 0.313. The fourth-order valence-electron chi connectivity index (χ4n) is 3.00. The molecule has 0 aliphatic carbocycles. The van der Waals surface area contributed by atoms with Gasteiger partial charge in [0.25, 0.3) is 5.69 Å². The molecule has 1 fully saturated rings. The van der Waals surface area contributed by atoms with Crippen LogP contribution in [0.15, 0.2) is 18.2 Å². The van der Waals surface area contributed by atoms with Gasteiger partial charge in [0.05, 0.1) is 28.8 Å². The lowest BCUT2D eigenvalue weighted by atomic mass is 9.99. The van der Waals surface area contributed by atoms with Crippen LogP contribution in [0.3, 0.4) is 0 Å². The van der Waals surface area contributed by atoms with E-state index in [1.54, 1.807) is 0 Å². The molecular formula is C17H24N4O3. The highest BCUT2D eigenvalue weighted by Gasteiger charge is 2.33. The molecule has 1 aromatic carbocycles. The number of nitrogens with zero attached hydrogens (tertiary/aromatic N) is 3. The molecule has 0 amide bonds. The van der Waals surface area contributed by atoms with Gasteiger partial charge in [0.2, 0.25) is 0 Å². The Kier molecular flexibility index (Phi) is 5.42. The van der Waals surface area contributed by atoms with Crippen molar-refractivity contribution >= 4 is 11.4 Å². The summed E-state index contributed by atoms with van der Waals surface area (Å²) in [7, 11) is 0. The molecule has 0 saturated carbocycles. The van der Waals surface area contributed by atoms with Crippen LogP contribution in [0.5, 0.6) is 0 Å². The lowest BCUT2D eigenvalue weighted by Gasteiger charge is -2.45. The third-order valence-electron chi connectivity index (χ3n) is 4.31. The van der Waals surface area contributed by atoms with Crippen molar-refractivity contribution < 1.29 is 9.66 Å². The van der Waals surface area contributed by atoms with Gasteiger partial charge < -0.3 is 10.1 Å². The predicted octanol–water partition coefficient (Wildman–Crippen LogP) is 2.77. The summed E-state index contributed by atoms with van der Waals surface area (Å²) in [6, 6.07) is 6.37. The third kappa shape index (κ3) is 4.22. The van der Waals surface area contributed by atoms with E-state index in [9.17, 15) is 10.1 Å². The first-order chi connectivity index (χ1) is 11.2. The number of rotatable bonds is 5. The van der Waals surface area contributed by atoms with Gasteiger partial charge in [0.15, 0.2) is 0 Å². The number of nitro benzene ring substituents is 1. The van der Waals surface area contributed by atoms with Crippen LogP contribution >= 0.6 is 0 Å². The minimum absolute atomic E-state index is 0.0199. The highest BCUT2D eigenvalue weighted by atomic mass is 16.6. The maximum Gasteiger partial charge on any atom is 0.292 e. The summed E-state index contributed by atoms with van der Waals surface area (Å²) in [6.45, 7) is 10.5. The summed E-state index contributed by atoms with van der Waals surface area (Å²) in [4.78, 5) is 13.1. The number of benzene rings is 1. The Morgan fingerprint density at radius 3 is 2.58 bits per heavy atom. The molecule has 0 radical (unpaired) electrons. The van der Waals surface area contributed by atoms with Crippen LogP contribution in [-0.4, -0.2) is 47.2 Å². The minimum Gasteiger partial charge on any atom is -0.378 e. The fourth-order valence-corrected chi connectivity index (χ4v) is 3.00. The molecule has 1 N–H and O–H groups in total. The third-order valence-corrected chi connectivity index (χ3v) is 4.31. The Hall–Kier alpha value is -2.17. The fraction of sp³-hybridized carbons (Fsp3) is 0.588. The molecule has 130 valence electrons. The van der Waals surface area contributed by atoms with Crippen molar-refractivity contribution in [2.45, 2.75) is 45.4 Å². The Balaban J connectivity index is 2.14. The molecular weight excluding hydrogens is 308 g/mol. The van der Waals surface area contributed by atoms with E-state index in [4.69, 9.17) is 10.00 Å². The second-order valence-corrected chi connectivity index (χ2v) is 6.93. The van der Waals surface area contributed by atoms with Crippen LogP contribution in [-0.2, 0) is 4.74 Å². The van der Waals surface area contributed by atoms with E-state index in [-0.39, 0.29) is 23.4 Å². The number of nitrogens with one attached hydrogen (secondary N) is 1. The highest BCUT2D eigenvalue weighted by molar-refractivity contribution is 5.64. The quantitative estimate of drug-likeness (QED) is 0.658. The normalized spacial score (nSPS) is 22.0. The van der Waals surface area contributed by atoms with Crippen LogP contribution in [0.1, 0.15) is 33.3 Å². The van der Waals surface area contributed by atoms with Crippen LogP contribution < -0.4 is 5.32 Å². The average Bonchev–Trinajstić information content (AvgIpc) is 2.51. The predicted molar refractivity (Wildman–Crippen MR) is 92.0 cm³/mol. The molecule has 1 aliphatic rings. The zero-order valence-corrected chi connectivity index (χ0v) is 14.6. The first-order valence-electron chi connectivity index (χ1n) is 8.06. The van der Waals surface area contributed by atoms with Gasteiger partial charge in [0, 0.05) is 31.2 Å². The lowest BCUT2D eigenvalue weighted by molar-refractivity contribution is -0.384.